The second kappa shape index (κ2) is 8.71. The standard InChI is InChI=1S/C19H25N5O/c20-10-4-6-12-24(18(14-25)17-9-3-5-11-21-17)13-19-22-15-7-1-2-8-16(15)23-19/h1-3,5,7-9,11,18,25H,4,6,10,12-14,20H2,(H,22,23). The molecule has 0 radical (unpaired) electrons. The van der Waals surface area contributed by atoms with E-state index in [1.54, 1.807) is 6.20 Å². The first-order valence-corrected chi connectivity index (χ1v) is 8.71. The number of fused-ring (bicyclic) bond motifs is 1. The van der Waals surface area contributed by atoms with Crippen LogP contribution in [0.4, 0.5) is 0 Å². The molecule has 0 aliphatic heterocycles. The summed E-state index contributed by atoms with van der Waals surface area (Å²) in [6, 6.07) is 13.6. The topological polar surface area (TPSA) is 91.1 Å². The molecule has 0 saturated heterocycles. The van der Waals surface area contributed by atoms with Gasteiger partial charge in [0.25, 0.3) is 0 Å². The first kappa shape index (κ1) is 17.5. The van der Waals surface area contributed by atoms with Crippen molar-refractivity contribution in [2.24, 2.45) is 5.73 Å². The molecular formula is C19H25N5O. The van der Waals surface area contributed by atoms with Crippen LogP contribution in [0, 0.1) is 0 Å². The van der Waals surface area contributed by atoms with Crippen LogP contribution in [0.25, 0.3) is 11.0 Å². The Balaban J connectivity index is 1.82. The van der Waals surface area contributed by atoms with Crippen LogP contribution < -0.4 is 5.73 Å². The Morgan fingerprint density at radius 2 is 1.96 bits per heavy atom. The van der Waals surface area contributed by atoms with Gasteiger partial charge in [0.15, 0.2) is 0 Å². The van der Waals surface area contributed by atoms with Crippen molar-refractivity contribution in [3.8, 4) is 0 Å². The summed E-state index contributed by atoms with van der Waals surface area (Å²) in [4.78, 5) is 14.7. The summed E-state index contributed by atoms with van der Waals surface area (Å²) in [5.74, 6) is 0.892. The molecule has 3 aromatic rings. The summed E-state index contributed by atoms with van der Waals surface area (Å²) >= 11 is 0. The molecule has 4 N–H and O–H groups in total. The van der Waals surface area contributed by atoms with Gasteiger partial charge in [0.05, 0.1) is 35.9 Å². The lowest BCUT2D eigenvalue weighted by atomic mass is 10.1. The molecule has 2 heterocycles. The van der Waals surface area contributed by atoms with Crippen LogP contribution in [0.15, 0.2) is 48.7 Å². The molecule has 0 fully saturated rings. The van der Waals surface area contributed by atoms with Crippen LogP contribution in [-0.4, -0.2) is 44.7 Å². The van der Waals surface area contributed by atoms with E-state index in [2.05, 4.69) is 19.9 Å². The summed E-state index contributed by atoms with van der Waals surface area (Å²) in [7, 11) is 0. The Hall–Kier alpha value is -2.28. The molecule has 1 unspecified atom stereocenters. The summed E-state index contributed by atoms with van der Waals surface area (Å²) in [5, 5.41) is 9.99. The average molecular weight is 339 g/mol. The second-order valence-corrected chi connectivity index (χ2v) is 6.12. The van der Waals surface area contributed by atoms with E-state index in [9.17, 15) is 5.11 Å². The first-order valence-electron chi connectivity index (χ1n) is 8.71. The zero-order valence-corrected chi connectivity index (χ0v) is 14.3. The van der Waals surface area contributed by atoms with Gasteiger partial charge < -0.3 is 15.8 Å². The number of nitrogens with one attached hydrogen (secondary N) is 1. The van der Waals surface area contributed by atoms with Gasteiger partial charge in [-0.1, -0.05) is 18.2 Å². The average Bonchev–Trinajstić information content (AvgIpc) is 3.05. The third-order valence-electron chi connectivity index (χ3n) is 4.33. The van der Waals surface area contributed by atoms with Crippen LogP contribution in [0.1, 0.15) is 30.4 Å². The fraction of sp³-hybridized carbons (Fsp3) is 0.368. The number of aliphatic hydroxyl groups excluding tert-OH is 1. The van der Waals surface area contributed by atoms with Crippen molar-refractivity contribution < 1.29 is 5.11 Å². The van der Waals surface area contributed by atoms with E-state index in [0.29, 0.717) is 13.1 Å². The number of imidazole rings is 1. The van der Waals surface area contributed by atoms with E-state index in [4.69, 9.17) is 5.73 Å². The first-order chi connectivity index (χ1) is 12.3. The van der Waals surface area contributed by atoms with E-state index in [1.165, 1.54) is 0 Å². The normalized spacial score (nSPS) is 12.8. The monoisotopic (exact) mass is 339 g/mol. The van der Waals surface area contributed by atoms with E-state index >= 15 is 0 Å². The molecule has 3 rings (SSSR count). The Bertz CT molecular complexity index is 741. The summed E-state index contributed by atoms with van der Waals surface area (Å²) < 4.78 is 0. The molecule has 1 aromatic carbocycles. The molecule has 2 aromatic heterocycles. The van der Waals surface area contributed by atoms with Crippen LogP contribution in [-0.2, 0) is 6.54 Å². The highest BCUT2D eigenvalue weighted by Crippen LogP contribution is 2.22. The number of H-pyrrole nitrogens is 1. The Kier molecular flexibility index (Phi) is 6.11. The fourth-order valence-corrected chi connectivity index (χ4v) is 3.05. The summed E-state index contributed by atoms with van der Waals surface area (Å²) in [5.41, 5.74) is 8.49. The number of pyridine rings is 1. The minimum atomic E-state index is -0.160. The maximum Gasteiger partial charge on any atom is 0.121 e. The number of aliphatic hydroxyl groups is 1. The van der Waals surface area contributed by atoms with Gasteiger partial charge in [0.2, 0.25) is 0 Å². The Morgan fingerprint density at radius 1 is 1.12 bits per heavy atom. The number of rotatable bonds is 9. The van der Waals surface area contributed by atoms with Gasteiger partial charge in [0.1, 0.15) is 5.82 Å². The predicted octanol–water partition coefficient (Wildman–Crippen LogP) is 2.23. The lowest BCUT2D eigenvalue weighted by molar-refractivity contribution is 0.110. The predicted molar refractivity (Wildman–Crippen MR) is 98.9 cm³/mol. The van der Waals surface area contributed by atoms with Gasteiger partial charge in [-0.25, -0.2) is 4.98 Å². The molecule has 25 heavy (non-hydrogen) atoms. The van der Waals surface area contributed by atoms with Crippen molar-refractivity contribution in [1.82, 2.24) is 19.9 Å². The number of unbranched alkanes of at least 4 members (excludes halogenated alkanes) is 1. The summed E-state index contributed by atoms with van der Waals surface area (Å²) in [6.07, 6.45) is 3.69. The second-order valence-electron chi connectivity index (χ2n) is 6.12. The minimum absolute atomic E-state index is 0.0138. The van der Waals surface area contributed by atoms with Gasteiger partial charge in [-0.15, -0.1) is 0 Å². The molecule has 0 bridgehead atoms. The smallest absolute Gasteiger partial charge is 0.121 e. The Morgan fingerprint density at radius 3 is 2.68 bits per heavy atom. The van der Waals surface area contributed by atoms with Crippen molar-refractivity contribution in [2.45, 2.75) is 25.4 Å². The largest absolute Gasteiger partial charge is 0.394 e. The lowest BCUT2D eigenvalue weighted by Gasteiger charge is -2.29. The van der Waals surface area contributed by atoms with Crippen LogP contribution in [0.5, 0.6) is 0 Å². The molecule has 1 atom stereocenters. The molecule has 0 aliphatic rings. The Labute approximate surface area is 147 Å². The van der Waals surface area contributed by atoms with Crippen molar-refractivity contribution in [3.05, 3.63) is 60.2 Å². The van der Waals surface area contributed by atoms with E-state index in [0.717, 1.165) is 41.9 Å². The van der Waals surface area contributed by atoms with Crippen molar-refractivity contribution in [3.63, 3.8) is 0 Å². The van der Waals surface area contributed by atoms with E-state index < -0.39 is 0 Å². The lowest BCUT2D eigenvalue weighted by Crippen LogP contribution is -2.33. The third kappa shape index (κ3) is 4.42. The van der Waals surface area contributed by atoms with Gasteiger partial charge >= 0.3 is 0 Å². The molecular weight excluding hydrogens is 314 g/mol. The van der Waals surface area contributed by atoms with Crippen LogP contribution >= 0.6 is 0 Å². The molecule has 0 amide bonds. The van der Waals surface area contributed by atoms with E-state index in [1.807, 2.05) is 42.5 Å². The van der Waals surface area contributed by atoms with Gasteiger partial charge in [-0.2, -0.15) is 0 Å². The number of aromatic nitrogens is 3. The van der Waals surface area contributed by atoms with Gasteiger partial charge in [0, 0.05) is 6.20 Å². The third-order valence-corrected chi connectivity index (χ3v) is 4.33. The molecule has 6 heteroatoms. The quantitative estimate of drug-likeness (QED) is 0.520. The van der Waals surface area contributed by atoms with Gasteiger partial charge in [-0.3, -0.25) is 9.88 Å². The van der Waals surface area contributed by atoms with Gasteiger partial charge in [-0.05, 0) is 50.2 Å². The van der Waals surface area contributed by atoms with Crippen molar-refractivity contribution in [2.75, 3.05) is 19.7 Å². The molecule has 0 aliphatic carbocycles. The molecule has 132 valence electrons. The fourth-order valence-electron chi connectivity index (χ4n) is 3.05. The SMILES string of the molecule is NCCCCN(Cc1nc2ccccc2[nH]1)C(CO)c1ccccn1. The number of aromatic amines is 1. The zero-order chi connectivity index (χ0) is 17.5. The highest BCUT2D eigenvalue weighted by atomic mass is 16.3. The maximum absolute atomic E-state index is 9.99. The van der Waals surface area contributed by atoms with Crippen molar-refractivity contribution >= 4 is 11.0 Å². The molecule has 0 saturated carbocycles. The number of nitrogens with two attached hydrogens (primary N) is 1. The molecule has 0 spiro atoms. The number of hydrogen-bond donors (Lipinski definition) is 3. The highest BCUT2D eigenvalue weighted by molar-refractivity contribution is 5.74. The zero-order valence-electron chi connectivity index (χ0n) is 14.3. The van der Waals surface area contributed by atoms with Crippen molar-refractivity contribution in [1.29, 1.82) is 0 Å². The summed E-state index contributed by atoms with van der Waals surface area (Å²) in [6.45, 7) is 2.14. The number of benzene rings is 1. The minimum Gasteiger partial charge on any atom is -0.394 e. The maximum atomic E-state index is 9.99. The van der Waals surface area contributed by atoms with Crippen LogP contribution in [0.3, 0.4) is 0 Å². The number of nitrogens with zero attached hydrogens (tertiary/aromatic N) is 3. The van der Waals surface area contributed by atoms with E-state index in [-0.39, 0.29) is 12.6 Å². The molecule has 6 nitrogen and oxygen atoms in total. The highest BCUT2D eigenvalue weighted by Gasteiger charge is 2.22. The number of hydrogen-bond acceptors (Lipinski definition) is 5. The number of para-hydroxylation sites is 2. The van der Waals surface area contributed by atoms with Crippen LogP contribution in [0.2, 0.25) is 0 Å².